The number of phenolic OH excluding ortho intramolecular Hbond substituents is 1. The second-order valence-electron chi connectivity index (χ2n) is 4.58. The maximum absolute atomic E-state index is 12.0. The minimum absolute atomic E-state index is 0.0962. The Hall–Kier alpha value is -2.55. The van der Waals surface area contributed by atoms with Crippen LogP contribution in [0.4, 0.5) is 5.69 Å². The molecule has 2 rings (SSSR count). The summed E-state index contributed by atoms with van der Waals surface area (Å²) in [5.41, 5.74) is 0.642. The minimum atomic E-state index is -0.275. The number of imide groups is 1. The molecule has 1 heterocycles. The van der Waals surface area contributed by atoms with Crippen LogP contribution in [-0.4, -0.2) is 41.5 Å². The first-order valence-corrected chi connectivity index (χ1v) is 6.36. The topological polar surface area (TPSA) is 84.6 Å². The number of rotatable bonds is 4. The molecule has 1 fully saturated rings. The first-order chi connectivity index (χ1) is 9.61. The molecule has 20 heavy (non-hydrogen) atoms. The fourth-order valence-corrected chi connectivity index (χ4v) is 2.13. The van der Waals surface area contributed by atoms with Gasteiger partial charge in [-0.3, -0.25) is 14.5 Å². The lowest BCUT2D eigenvalue weighted by Gasteiger charge is -2.33. The maximum atomic E-state index is 12.0. The highest BCUT2D eigenvalue weighted by Crippen LogP contribution is 2.22. The Balaban J connectivity index is 2.04. The molecule has 0 unspecified atom stereocenters. The van der Waals surface area contributed by atoms with Gasteiger partial charge in [-0.2, -0.15) is 5.26 Å². The SMILES string of the molecule is N#CCCCN1C(=O)CN(c2cccc(O)c2)CC1=O. The van der Waals surface area contributed by atoms with Crippen molar-refractivity contribution in [2.75, 3.05) is 24.5 Å². The van der Waals surface area contributed by atoms with E-state index in [1.54, 1.807) is 17.0 Å². The Morgan fingerprint density at radius 2 is 1.95 bits per heavy atom. The molecule has 0 spiro atoms. The molecule has 0 radical (unpaired) electrons. The lowest BCUT2D eigenvalue weighted by Crippen LogP contribution is -2.54. The van der Waals surface area contributed by atoms with Crippen LogP contribution >= 0.6 is 0 Å². The standard InChI is InChI=1S/C14H15N3O3/c15-6-1-2-7-17-13(19)9-16(10-14(17)20)11-4-3-5-12(18)8-11/h3-5,8,18H,1-2,7,9-10H2. The van der Waals surface area contributed by atoms with Crippen LogP contribution in [0, 0.1) is 11.3 Å². The van der Waals surface area contributed by atoms with Crippen molar-refractivity contribution in [1.29, 1.82) is 5.26 Å². The molecule has 1 aromatic rings. The van der Waals surface area contributed by atoms with E-state index in [2.05, 4.69) is 0 Å². The molecule has 0 aliphatic carbocycles. The zero-order valence-electron chi connectivity index (χ0n) is 11.0. The third-order valence-corrected chi connectivity index (χ3v) is 3.12. The van der Waals surface area contributed by atoms with Crippen molar-refractivity contribution in [2.45, 2.75) is 12.8 Å². The van der Waals surface area contributed by atoms with Crippen LogP contribution in [-0.2, 0) is 9.59 Å². The number of aromatic hydroxyl groups is 1. The summed E-state index contributed by atoms with van der Waals surface area (Å²) in [6.45, 7) is 0.489. The molecule has 0 saturated carbocycles. The third-order valence-electron chi connectivity index (χ3n) is 3.12. The van der Waals surface area contributed by atoms with Crippen molar-refractivity contribution in [3.05, 3.63) is 24.3 Å². The molecular formula is C14H15N3O3. The molecule has 2 amide bonds. The van der Waals surface area contributed by atoms with Gasteiger partial charge in [0.25, 0.3) is 0 Å². The van der Waals surface area contributed by atoms with Gasteiger partial charge in [-0.25, -0.2) is 0 Å². The van der Waals surface area contributed by atoms with Crippen molar-refractivity contribution in [3.8, 4) is 11.8 Å². The Morgan fingerprint density at radius 3 is 2.55 bits per heavy atom. The number of anilines is 1. The van der Waals surface area contributed by atoms with Gasteiger partial charge in [-0.1, -0.05) is 6.07 Å². The van der Waals surface area contributed by atoms with E-state index in [-0.39, 0.29) is 30.7 Å². The normalized spacial score (nSPS) is 15.3. The Kier molecular flexibility index (Phi) is 4.20. The minimum Gasteiger partial charge on any atom is -0.508 e. The zero-order chi connectivity index (χ0) is 14.5. The number of carbonyl (C=O) groups excluding carboxylic acids is 2. The molecule has 1 aliphatic rings. The van der Waals surface area contributed by atoms with Gasteiger partial charge < -0.3 is 10.0 Å². The van der Waals surface area contributed by atoms with Crippen molar-refractivity contribution in [1.82, 2.24) is 4.90 Å². The maximum Gasteiger partial charge on any atom is 0.248 e. The van der Waals surface area contributed by atoms with Gasteiger partial charge in [0, 0.05) is 24.7 Å². The zero-order valence-corrected chi connectivity index (χ0v) is 11.0. The molecular weight excluding hydrogens is 258 g/mol. The summed E-state index contributed by atoms with van der Waals surface area (Å²) >= 11 is 0. The predicted molar refractivity (Wildman–Crippen MR) is 71.9 cm³/mol. The van der Waals surface area contributed by atoms with Crippen LogP contribution in [0.1, 0.15) is 12.8 Å². The van der Waals surface area contributed by atoms with E-state index in [1.807, 2.05) is 6.07 Å². The quantitative estimate of drug-likeness (QED) is 0.650. The van der Waals surface area contributed by atoms with Gasteiger partial charge in [0.1, 0.15) is 5.75 Å². The van der Waals surface area contributed by atoms with Crippen LogP contribution in [0.15, 0.2) is 24.3 Å². The number of phenols is 1. The van der Waals surface area contributed by atoms with Crippen LogP contribution in [0.5, 0.6) is 5.75 Å². The summed E-state index contributed by atoms with van der Waals surface area (Å²) in [4.78, 5) is 26.8. The molecule has 1 aliphatic heterocycles. The van der Waals surface area contributed by atoms with Crippen molar-refractivity contribution in [2.24, 2.45) is 0 Å². The number of amides is 2. The number of carbonyl (C=O) groups is 2. The monoisotopic (exact) mass is 273 g/mol. The average molecular weight is 273 g/mol. The number of unbranched alkanes of at least 4 members (excludes halogenated alkanes) is 1. The molecule has 0 aromatic heterocycles. The van der Waals surface area contributed by atoms with E-state index >= 15 is 0 Å². The second kappa shape index (κ2) is 6.06. The van der Waals surface area contributed by atoms with Gasteiger partial charge in [-0.05, 0) is 18.6 Å². The van der Waals surface area contributed by atoms with Crippen molar-refractivity contribution >= 4 is 17.5 Å². The summed E-state index contributed by atoms with van der Waals surface area (Å²) in [6.07, 6.45) is 0.827. The van der Waals surface area contributed by atoms with Crippen LogP contribution in [0.25, 0.3) is 0 Å². The molecule has 0 bridgehead atoms. The summed E-state index contributed by atoms with van der Waals surface area (Å²) in [5.74, 6) is -0.455. The highest BCUT2D eigenvalue weighted by atomic mass is 16.3. The molecule has 6 heteroatoms. The number of hydrogen-bond acceptors (Lipinski definition) is 5. The fraction of sp³-hybridized carbons (Fsp3) is 0.357. The Labute approximate surface area is 116 Å². The molecule has 1 saturated heterocycles. The number of nitrogens with zero attached hydrogens (tertiary/aromatic N) is 3. The Morgan fingerprint density at radius 1 is 1.25 bits per heavy atom. The molecule has 1 aromatic carbocycles. The number of nitriles is 1. The van der Waals surface area contributed by atoms with Gasteiger partial charge in [0.15, 0.2) is 0 Å². The molecule has 6 nitrogen and oxygen atoms in total. The van der Waals surface area contributed by atoms with E-state index in [0.29, 0.717) is 25.1 Å². The second-order valence-corrected chi connectivity index (χ2v) is 4.58. The third kappa shape index (κ3) is 3.06. The summed E-state index contributed by atoms with van der Waals surface area (Å²) < 4.78 is 0. The lowest BCUT2D eigenvalue weighted by atomic mass is 10.2. The van der Waals surface area contributed by atoms with Gasteiger partial charge >= 0.3 is 0 Å². The van der Waals surface area contributed by atoms with E-state index in [1.165, 1.54) is 17.0 Å². The van der Waals surface area contributed by atoms with E-state index in [0.717, 1.165) is 0 Å². The smallest absolute Gasteiger partial charge is 0.248 e. The summed E-state index contributed by atoms with van der Waals surface area (Å²) in [7, 11) is 0. The van der Waals surface area contributed by atoms with E-state index in [9.17, 15) is 14.7 Å². The van der Waals surface area contributed by atoms with E-state index < -0.39 is 0 Å². The molecule has 0 atom stereocenters. The largest absolute Gasteiger partial charge is 0.508 e. The first-order valence-electron chi connectivity index (χ1n) is 6.36. The fourth-order valence-electron chi connectivity index (χ4n) is 2.13. The molecule has 1 N–H and O–H groups in total. The Bertz CT molecular complexity index is 547. The molecule has 104 valence electrons. The predicted octanol–water partition coefficient (Wildman–Crippen LogP) is 0.871. The lowest BCUT2D eigenvalue weighted by molar-refractivity contribution is -0.145. The van der Waals surface area contributed by atoms with Crippen LogP contribution < -0.4 is 4.90 Å². The van der Waals surface area contributed by atoms with Crippen molar-refractivity contribution in [3.63, 3.8) is 0 Å². The van der Waals surface area contributed by atoms with Gasteiger partial charge in [-0.15, -0.1) is 0 Å². The first kappa shape index (κ1) is 13.9. The van der Waals surface area contributed by atoms with Crippen molar-refractivity contribution < 1.29 is 14.7 Å². The number of piperazine rings is 1. The average Bonchev–Trinajstić information content (AvgIpc) is 2.41. The summed E-state index contributed by atoms with van der Waals surface area (Å²) in [5, 5.41) is 17.9. The van der Waals surface area contributed by atoms with E-state index in [4.69, 9.17) is 5.26 Å². The highest BCUT2D eigenvalue weighted by molar-refractivity contribution is 6.02. The van der Waals surface area contributed by atoms with Gasteiger partial charge in [0.2, 0.25) is 11.8 Å². The summed E-state index contributed by atoms with van der Waals surface area (Å²) in [6, 6.07) is 8.45. The highest BCUT2D eigenvalue weighted by Gasteiger charge is 2.30. The van der Waals surface area contributed by atoms with Crippen LogP contribution in [0.3, 0.4) is 0 Å². The van der Waals surface area contributed by atoms with Gasteiger partial charge in [0.05, 0.1) is 19.2 Å². The number of hydrogen-bond donors (Lipinski definition) is 1. The number of benzene rings is 1. The van der Waals surface area contributed by atoms with Crippen LogP contribution in [0.2, 0.25) is 0 Å².